The van der Waals surface area contributed by atoms with Crippen LogP contribution < -0.4 is 5.01 Å². The molecule has 94 valence electrons. The topological polar surface area (TPSA) is 47.3 Å². The van der Waals surface area contributed by atoms with Crippen LogP contribution in [-0.4, -0.2) is 24.0 Å². The van der Waals surface area contributed by atoms with Crippen molar-refractivity contribution in [2.75, 3.05) is 18.1 Å². The lowest BCUT2D eigenvalue weighted by atomic mass is 9.94. The minimum Gasteiger partial charge on any atom is -0.282 e. The summed E-state index contributed by atoms with van der Waals surface area (Å²) in [5.41, 5.74) is 0.597. The van der Waals surface area contributed by atoms with Crippen LogP contribution in [0, 0.1) is 16.7 Å². The Morgan fingerprint density at radius 3 is 2.61 bits per heavy atom. The van der Waals surface area contributed by atoms with E-state index in [1.807, 2.05) is 49.2 Å². The molecule has 0 unspecified atom stereocenters. The molecule has 18 heavy (non-hydrogen) atoms. The van der Waals surface area contributed by atoms with Gasteiger partial charge in [-0.15, -0.1) is 0 Å². The Hall–Kier alpha value is -2.02. The lowest BCUT2D eigenvalue weighted by Crippen LogP contribution is -2.40. The van der Waals surface area contributed by atoms with Crippen molar-refractivity contribution < 1.29 is 4.79 Å². The van der Waals surface area contributed by atoms with Crippen LogP contribution >= 0.6 is 0 Å². The molecular weight excluding hydrogens is 226 g/mol. The van der Waals surface area contributed by atoms with Gasteiger partial charge in [0.05, 0.1) is 36.7 Å². The molecule has 4 nitrogen and oxygen atoms in total. The summed E-state index contributed by atoms with van der Waals surface area (Å²) < 4.78 is 0. The Balaban J connectivity index is 2.28. The van der Waals surface area contributed by atoms with Crippen LogP contribution in [0.5, 0.6) is 0 Å². The summed E-state index contributed by atoms with van der Waals surface area (Å²) in [5.74, 6) is 0.0848. The fourth-order valence-corrected chi connectivity index (χ4v) is 2.20. The van der Waals surface area contributed by atoms with E-state index >= 15 is 0 Å². The molecule has 1 aliphatic rings. The number of hydrogen-bond acceptors (Lipinski definition) is 3. The third-order valence-electron chi connectivity index (χ3n) is 3.14. The van der Waals surface area contributed by atoms with Crippen molar-refractivity contribution in [3.05, 3.63) is 30.3 Å². The first-order chi connectivity index (χ1) is 8.56. The van der Waals surface area contributed by atoms with Gasteiger partial charge >= 0.3 is 0 Å². The Kier molecular flexibility index (Phi) is 3.24. The van der Waals surface area contributed by atoms with Crippen LogP contribution in [-0.2, 0) is 4.79 Å². The van der Waals surface area contributed by atoms with Crippen molar-refractivity contribution in [1.29, 1.82) is 5.26 Å². The molecule has 0 radical (unpaired) electrons. The molecule has 0 aromatic heterocycles. The highest BCUT2D eigenvalue weighted by molar-refractivity contribution is 5.87. The molecule has 1 aromatic rings. The predicted octanol–water partition coefficient (Wildman–Crippen LogP) is 2.19. The highest BCUT2D eigenvalue weighted by atomic mass is 16.2. The van der Waals surface area contributed by atoms with Crippen molar-refractivity contribution in [2.45, 2.75) is 20.3 Å². The first-order valence-electron chi connectivity index (χ1n) is 6.08. The Morgan fingerprint density at radius 2 is 2.00 bits per heavy atom. The Bertz CT molecular complexity index is 476. The van der Waals surface area contributed by atoms with Crippen molar-refractivity contribution in [1.82, 2.24) is 5.01 Å². The average Bonchev–Trinajstić information content (AvgIpc) is 2.60. The minimum atomic E-state index is -0.398. The van der Waals surface area contributed by atoms with Gasteiger partial charge in [-0.25, -0.2) is 0 Å². The molecule has 2 rings (SSSR count). The van der Waals surface area contributed by atoms with E-state index in [2.05, 4.69) is 6.07 Å². The highest BCUT2D eigenvalue weighted by Crippen LogP contribution is 2.33. The summed E-state index contributed by atoms with van der Waals surface area (Å²) in [7, 11) is 0. The molecule has 1 saturated heterocycles. The Labute approximate surface area is 107 Å². The molecule has 1 amide bonds. The van der Waals surface area contributed by atoms with Gasteiger partial charge in [-0.3, -0.25) is 14.8 Å². The summed E-state index contributed by atoms with van der Waals surface area (Å²) in [6.07, 6.45) is 0.352. The number of hydrazine groups is 1. The normalized spacial score (nSPS) is 17.9. The summed E-state index contributed by atoms with van der Waals surface area (Å²) in [4.78, 5) is 12.3. The second-order valence-electron chi connectivity index (χ2n) is 5.11. The molecule has 0 saturated carbocycles. The van der Waals surface area contributed by atoms with Crippen LogP contribution in [0.25, 0.3) is 0 Å². The smallest absolute Gasteiger partial charge is 0.248 e. The number of amides is 1. The summed E-state index contributed by atoms with van der Waals surface area (Å²) >= 11 is 0. The van der Waals surface area contributed by atoms with E-state index in [1.54, 1.807) is 5.01 Å². The summed E-state index contributed by atoms with van der Waals surface area (Å²) in [6, 6.07) is 11.9. The molecule has 4 heteroatoms. The zero-order chi connectivity index (χ0) is 13.2. The van der Waals surface area contributed by atoms with Gasteiger partial charge in [-0.1, -0.05) is 18.2 Å². The lowest BCUT2D eigenvalue weighted by Gasteiger charge is -2.28. The number of nitriles is 1. The Morgan fingerprint density at radius 1 is 1.33 bits per heavy atom. The number of benzene rings is 1. The van der Waals surface area contributed by atoms with E-state index in [-0.39, 0.29) is 5.91 Å². The maximum atomic E-state index is 12.3. The first kappa shape index (κ1) is 12.4. The molecule has 1 aliphatic heterocycles. The van der Waals surface area contributed by atoms with Crippen molar-refractivity contribution in [3.8, 4) is 6.07 Å². The molecule has 0 aliphatic carbocycles. The third-order valence-corrected chi connectivity index (χ3v) is 3.14. The SMILES string of the molecule is CC1(C)CN(c2ccccc2)N(CCC#N)C1=O. The summed E-state index contributed by atoms with van der Waals surface area (Å²) in [6.45, 7) is 4.99. The number of para-hydroxylation sites is 1. The zero-order valence-corrected chi connectivity index (χ0v) is 10.8. The molecule has 1 aromatic carbocycles. The molecule has 0 N–H and O–H groups in total. The number of carbonyl (C=O) groups is 1. The number of hydrogen-bond donors (Lipinski definition) is 0. The van der Waals surface area contributed by atoms with Crippen LogP contribution in [0.4, 0.5) is 5.69 Å². The van der Waals surface area contributed by atoms with E-state index in [9.17, 15) is 4.79 Å². The second-order valence-corrected chi connectivity index (χ2v) is 5.11. The van der Waals surface area contributed by atoms with Gasteiger partial charge in [0.25, 0.3) is 0 Å². The molecular formula is C14H17N3O. The monoisotopic (exact) mass is 243 g/mol. The van der Waals surface area contributed by atoms with E-state index in [1.165, 1.54) is 0 Å². The van der Waals surface area contributed by atoms with Crippen molar-refractivity contribution >= 4 is 11.6 Å². The van der Waals surface area contributed by atoms with E-state index < -0.39 is 5.41 Å². The standard InChI is InChI=1S/C14H17N3O/c1-14(2)11-17(12-7-4-3-5-8-12)16(13(14)18)10-6-9-15/h3-5,7-8H,6,10-11H2,1-2H3. The van der Waals surface area contributed by atoms with Crippen molar-refractivity contribution in [2.24, 2.45) is 5.41 Å². The third kappa shape index (κ3) is 2.17. The van der Waals surface area contributed by atoms with Crippen LogP contribution in [0.15, 0.2) is 30.3 Å². The molecule has 0 atom stereocenters. The fourth-order valence-electron chi connectivity index (χ4n) is 2.20. The van der Waals surface area contributed by atoms with Crippen LogP contribution in [0.2, 0.25) is 0 Å². The van der Waals surface area contributed by atoms with Crippen molar-refractivity contribution in [3.63, 3.8) is 0 Å². The molecule has 1 heterocycles. The van der Waals surface area contributed by atoms with Crippen LogP contribution in [0.3, 0.4) is 0 Å². The number of anilines is 1. The predicted molar refractivity (Wildman–Crippen MR) is 69.5 cm³/mol. The highest BCUT2D eigenvalue weighted by Gasteiger charge is 2.43. The first-order valence-corrected chi connectivity index (χ1v) is 6.08. The van der Waals surface area contributed by atoms with Gasteiger partial charge in [0.2, 0.25) is 5.91 Å². The maximum absolute atomic E-state index is 12.3. The van der Waals surface area contributed by atoms with E-state index in [4.69, 9.17) is 5.26 Å². The van der Waals surface area contributed by atoms with E-state index in [0.717, 1.165) is 5.69 Å². The summed E-state index contributed by atoms with van der Waals surface area (Å²) in [5, 5.41) is 12.4. The molecule has 0 bridgehead atoms. The second kappa shape index (κ2) is 4.69. The number of rotatable bonds is 3. The van der Waals surface area contributed by atoms with Gasteiger partial charge in [0, 0.05) is 0 Å². The maximum Gasteiger partial charge on any atom is 0.248 e. The fraction of sp³-hybridized carbons (Fsp3) is 0.429. The largest absolute Gasteiger partial charge is 0.282 e. The quantitative estimate of drug-likeness (QED) is 0.817. The lowest BCUT2D eigenvalue weighted by molar-refractivity contribution is -0.134. The minimum absolute atomic E-state index is 0.0848. The van der Waals surface area contributed by atoms with Gasteiger partial charge < -0.3 is 0 Å². The number of nitrogens with zero attached hydrogens (tertiary/aromatic N) is 3. The van der Waals surface area contributed by atoms with Gasteiger partial charge in [0.1, 0.15) is 0 Å². The molecule has 0 spiro atoms. The number of carbonyl (C=O) groups excluding carboxylic acids is 1. The van der Waals surface area contributed by atoms with Gasteiger partial charge in [0.15, 0.2) is 0 Å². The van der Waals surface area contributed by atoms with Gasteiger partial charge in [-0.2, -0.15) is 5.26 Å². The zero-order valence-electron chi connectivity index (χ0n) is 10.8. The van der Waals surface area contributed by atoms with Crippen LogP contribution in [0.1, 0.15) is 20.3 Å². The van der Waals surface area contributed by atoms with E-state index in [0.29, 0.717) is 19.5 Å². The van der Waals surface area contributed by atoms with Gasteiger partial charge in [-0.05, 0) is 26.0 Å². The average molecular weight is 243 g/mol. The molecule has 1 fully saturated rings.